The highest BCUT2D eigenvalue weighted by Crippen LogP contribution is 2.07. The van der Waals surface area contributed by atoms with E-state index in [-0.39, 0.29) is 24.1 Å². The predicted octanol–water partition coefficient (Wildman–Crippen LogP) is -1.58. The van der Waals surface area contributed by atoms with Crippen LogP contribution in [0.25, 0.3) is 0 Å². The molecule has 0 fully saturated rings. The molecule has 0 radical (unpaired) electrons. The molecule has 0 heterocycles. The zero-order chi connectivity index (χ0) is 8.43. The fourth-order valence-electron chi connectivity index (χ4n) is 0.760. The number of nitrogens with one attached hydrogen (secondary N) is 1. The van der Waals surface area contributed by atoms with Crippen LogP contribution >= 0.6 is 0 Å². The zero-order valence-corrected chi connectivity index (χ0v) is 7.32. The normalized spacial score (nSPS) is 8.83. The van der Waals surface area contributed by atoms with Gasteiger partial charge in [0, 0.05) is 5.56 Å². The van der Waals surface area contributed by atoms with Crippen molar-refractivity contribution < 1.29 is 16.8 Å². The van der Waals surface area contributed by atoms with Gasteiger partial charge in [0.05, 0.1) is 0 Å². The van der Waals surface area contributed by atoms with Gasteiger partial charge < -0.3 is 18.1 Å². The number of benzene rings is 1. The van der Waals surface area contributed by atoms with Gasteiger partial charge in [-0.1, -0.05) is 12.1 Å². The van der Waals surface area contributed by atoms with Crippen molar-refractivity contribution in [2.24, 2.45) is 5.73 Å². The number of halogens is 2. The van der Waals surface area contributed by atoms with Crippen LogP contribution in [0.3, 0.4) is 0 Å². The molecule has 0 amide bonds. The Labute approximate surface area is 76.5 Å². The monoisotopic (exact) mass is 187 g/mol. The highest BCUT2D eigenvalue weighted by Gasteiger charge is 2.00. The van der Waals surface area contributed by atoms with Crippen LogP contribution in [0.5, 0.6) is 0 Å². The van der Waals surface area contributed by atoms with Crippen LogP contribution in [0.15, 0.2) is 18.2 Å². The lowest BCUT2D eigenvalue weighted by Gasteiger charge is -1.99. The van der Waals surface area contributed by atoms with E-state index >= 15 is 0 Å². The van der Waals surface area contributed by atoms with Gasteiger partial charge in [-0.15, -0.1) is 0 Å². The summed E-state index contributed by atoms with van der Waals surface area (Å²) in [5.41, 5.74) is 6.14. The van der Waals surface area contributed by atoms with Crippen molar-refractivity contribution in [2.75, 3.05) is 0 Å². The lowest BCUT2D eigenvalue weighted by atomic mass is 10.1. The van der Waals surface area contributed by atoms with Crippen LogP contribution in [0.1, 0.15) is 11.1 Å². The van der Waals surface area contributed by atoms with Crippen LogP contribution in [0, 0.1) is 18.2 Å². The van der Waals surface area contributed by atoms with Crippen LogP contribution in [0.4, 0.5) is 4.39 Å². The molecule has 0 aliphatic heterocycles. The molecule has 0 saturated heterocycles. The molecule has 1 aromatic carbocycles. The highest BCUT2D eigenvalue weighted by molar-refractivity contribution is 5.94. The van der Waals surface area contributed by atoms with Crippen LogP contribution < -0.4 is 18.1 Å². The molecule has 2 nitrogen and oxygen atoms in total. The number of nitrogens with two attached hydrogens (primary N) is 1. The Balaban J connectivity index is 0.00000121. The Morgan fingerprint density at radius 3 is 2.50 bits per heavy atom. The van der Waals surface area contributed by atoms with Crippen LogP contribution in [-0.2, 0) is 0 Å². The first kappa shape index (κ1) is 10.9. The van der Waals surface area contributed by atoms with Gasteiger partial charge in [0.25, 0.3) is 0 Å². The fraction of sp³-hybridized carbons (Fsp3) is 0.125. The van der Waals surface area contributed by atoms with E-state index in [2.05, 4.69) is 0 Å². The molecular formula is C8H9ClFN2-. The number of hydrogen-bond acceptors (Lipinski definition) is 1. The van der Waals surface area contributed by atoms with Gasteiger partial charge in [0.1, 0.15) is 11.7 Å². The zero-order valence-electron chi connectivity index (χ0n) is 6.57. The standard InChI is InChI=1S/C8H9FN2.ClH/c1-5-2-3-6(8(10)11)4-7(5)9;/h2-4H,1H3,(H3,10,11);1H/p-1. The van der Waals surface area contributed by atoms with Gasteiger partial charge in [-0.3, -0.25) is 5.41 Å². The van der Waals surface area contributed by atoms with E-state index in [1.807, 2.05) is 0 Å². The van der Waals surface area contributed by atoms with E-state index in [4.69, 9.17) is 11.1 Å². The van der Waals surface area contributed by atoms with Gasteiger partial charge in [0.15, 0.2) is 0 Å². The summed E-state index contributed by atoms with van der Waals surface area (Å²) in [7, 11) is 0. The maximum atomic E-state index is 12.8. The molecule has 0 aliphatic rings. The van der Waals surface area contributed by atoms with E-state index < -0.39 is 0 Å². The molecule has 3 N–H and O–H groups in total. The van der Waals surface area contributed by atoms with E-state index in [1.54, 1.807) is 19.1 Å². The summed E-state index contributed by atoms with van der Waals surface area (Å²) in [6.45, 7) is 1.67. The minimum Gasteiger partial charge on any atom is -1.00 e. The largest absolute Gasteiger partial charge is 1.00 e. The molecule has 4 heteroatoms. The Bertz CT molecular complexity index is 299. The Morgan fingerprint density at radius 2 is 2.08 bits per heavy atom. The molecule has 1 aromatic rings. The molecule has 0 unspecified atom stereocenters. The summed E-state index contributed by atoms with van der Waals surface area (Å²) in [4.78, 5) is 0. The lowest BCUT2D eigenvalue weighted by Crippen LogP contribution is -3.00. The highest BCUT2D eigenvalue weighted by atomic mass is 35.5. The predicted molar refractivity (Wildman–Crippen MR) is 42.2 cm³/mol. The number of rotatable bonds is 1. The average molecular weight is 188 g/mol. The maximum absolute atomic E-state index is 12.8. The Hall–Kier alpha value is -1.09. The first-order chi connectivity index (χ1) is 5.11. The number of hydrogen-bond donors (Lipinski definition) is 2. The van der Waals surface area contributed by atoms with Crippen molar-refractivity contribution in [3.05, 3.63) is 35.1 Å². The third-order valence-electron chi connectivity index (χ3n) is 1.48. The molecule has 0 saturated carbocycles. The number of amidine groups is 1. The summed E-state index contributed by atoms with van der Waals surface area (Å²) in [6, 6.07) is 4.49. The molecule has 12 heavy (non-hydrogen) atoms. The minimum atomic E-state index is -0.322. The second kappa shape index (κ2) is 4.07. The first-order valence-electron chi connectivity index (χ1n) is 3.22. The van der Waals surface area contributed by atoms with Gasteiger partial charge in [-0.2, -0.15) is 0 Å². The summed E-state index contributed by atoms with van der Waals surface area (Å²) in [5, 5.41) is 7.01. The van der Waals surface area contributed by atoms with Crippen molar-refractivity contribution in [3.63, 3.8) is 0 Å². The van der Waals surface area contributed by atoms with Crippen LogP contribution in [-0.4, -0.2) is 5.84 Å². The summed E-state index contributed by atoms with van der Waals surface area (Å²) in [6.07, 6.45) is 0. The van der Waals surface area contributed by atoms with Crippen molar-refractivity contribution >= 4 is 5.84 Å². The average Bonchev–Trinajstić information content (AvgIpc) is 1.94. The minimum absolute atomic E-state index is 0. The van der Waals surface area contributed by atoms with Crippen molar-refractivity contribution in [1.82, 2.24) is 0 Å². The van der Waals surface area contributed by atoms with E-state index in [0.717, 1.165) is 0 Å². The third kappa shape index (κ3) is 2.20. The van der Waals surface area contributed by atoms with E-state index in [9.17, 15) is 4.39 Å². The number of nitrogen functional groups attached to an aromatic ring is 1. The number of aryl methyl sites for hydroxylation is 1. The quantitative estimate of drug-likeness (QED) is 0.405. The summed E-state index contributed by atoms with van der Waals surface area (Å²) >= 11 is 0. The van der Waals surface area contributed by atoms with Gasteiger partial charge >= 0.3 is 0 Å². The van der Waals surface area contributed by atoms with Gasteiger partial charge in [0.2, 0.25) is 0 Å². The Morgan fingerprint density at radius 1 is 1.50 bits per heavy atom. The molecule has 0 spiro atoms. The second-order valence-corrected chi connectivity index (χ2v) is 2.38. The summed E-state index contributed by atoms with van der Waals surface area (Å²) in [5.74, 6) is -0.429. The SMILES string of the molecule is Cc1ccc(C(=N)N)cc1F.[Cl-]. The second-order valence-electron chi connectivity index (χ2n) is 2.38. The van der Waals surface area contributed by atoms with Crippen molar-refractivity contribution in [3.8, 4) is 0 Å². The molecule has 0 bridgehead atoms. The maximum Gasteiger partial charge on any atom is 0.126 e. The van der Waals surface area contributed by atoms with Crippen molar-refractivity contribution in [1.29, 1.82) is 5.41 Å². The molecular weight excluding hydrogens is 179 g/mol. The molecule has 1 rings (SSSR count). The fourth-order valence-corrected chi connectivity index (χ4v) is 0.760. The smallest absolute Gasteiger partial charge is 0.126 e. The summed E-state index contributed by atoms with van der Waals surface area (Å²) < 4.78 is 12.8. The van der Waals surface area contributed by atoms with Crippen molar-refractivity contribution in [2.45, 2.75) is 6.92 Å². The Kier molecular flexibility index (Phi) is 3.70. The van der Waals surface area contributed by atoms with E-state index in [0.29, 0.717) is 11.1 Å². The van der Waals surface area contributed by atoms with E-state index in [1.165, 1.54) is 6.07 Å². The topological polar surface area (TPSA) is 49.9 Å². The molecule has 66 valence electrons. The molecule has 0 aliphatic carbocycles. The van der Waals surface area contributed by atoms with Gasteiger partial charge in [-0.25, -0.2) is 4.39 Å². The van der Waals surface area contributed by atoms with Crippen LogP contribution in [0.2, 0.25) is 0 Å². The third-order valence-corrected chi connectivity index (χ3v) is 1.48. The first-order valence-corrected chi connectivity index (χ1v) is 3.22. The van der Waals surface area contributed by atoms with Gasteiger partial charge in [-0.05, 0) is 18.6 Å². The molecule has 0 aromatic heterocycles. The molecule has 0 atom stereocenters. The lowest BCUT2D eigenvalue weighted by molar-refractivity contribution is -0.00000327.